The Bertz CT molecular complexity index is 907. The van der Waals surface area contributed by atoms with Crippen molar-refractivity contribution in [2.24, 2.45) is 5.10 Å². The Morgan fingerprint density at radius 2 is 1.74 bits per heavy atom. The third-order valence-electron chi connectivity index (χ3n) is 3.37. The fraction of sp³-hybridized carbons (Fsp3) is 0.0588. The zero-order valence-electron chi connectivity index (χ0n) is 12.1. The second-order valence-corrected chi connectivity index (χ2v) is 6.23. The van der Waals surface area contributed by atoms with E-state index < -0.39 is 0 Å². The molecule has 0 fully saturated rings. The minimum absolute atomic E-state index is 0.562. The number of hydrazone groups is 1. The molecule has 116 valence electrons. The van der Waals surface area contributed by atoms with Gasteiger partial charge in [-0.15, -0.1) is 0 Å². The number of fused-ring (bicyclic) bond motifs is 1. The van der Waals surface area contributed by atoms with Crippen LogP contribution in [0.2, 0.25) is 15.1 Å². The molecule has 0 spiro atoms. The van der Waals surface area contributed by atoms with Gasteiger partial charge in [-0.25, -0.2) is 0 Å². The Labute approximate surface area is 148 Å². The summed E-state index contributed by atoms with van der Waals surface area (Å²) in [5.74, 6) is 0. The van der Waals surface area contributed by atoms with Crippen molar-refractivity contribution in [1.82, 2.24) is 4.98 Å². The number of nitrogens with one attached hydrogen (secondary N) is 1. The van der Waals surface area contributed by atoms with Crippen LogP contribution in [0.4, 0.5) is 5.69 Å². The molecule has 0 aliphatic rings. The summed E-state index contributed by atoms with van der Waals surface area (Å²) in [7, 11) is 0. The summed E-state index contributed by atoms with van der Waals surface area (Å²) in [6.07, 6.45) is 1.71. The van der Waals surface area contributed by atoms with Crippen molar-refractivity contribution in [2.45, 2.75) is 6.92 Å². The number of anilines is 1. The first-order valence-corrected chi connectivity index (χ1v) is 7.98. The van der Waals surface area contributed by atoms with Crippen molar-refractivity contribution < 1.29 is 0 Å². The van der Waals surface area contributed by atoms with E-state index in [-0.39, 0.29) is 0 Å². The van der Waals surface area contributed by atoms with Gasteiger partial charge in [-0.05, 0) is 43.3 Å². The first-order chi connectivity index (χ1) is 11.0. The number of nitrogens with zero attached hydrogens (tertiary/aromatic N) is 2. The van der Waals surface area contributed by atoms with E-state index in [4.69, 9.17) is 34.8 Å². The van der Waals surface area contributed by atoms with Gasteiger partial charge in [0.25, 0.3) is 0 Å². The number of rotatable bonds is 3. The largest absolute Gasteiger partial charge is 0.277 e. The quantitative estimate of drug-likeness (QED) is 0.455. The molecule has 1 heterocycles. The first kappa shape index (κ1) is 16.1. The third kappa shape index (κ3) is 3.58. The molecule has 6 heteroatoms. The molecule has 2 aromatic carbocycles. The monoisotopic (exact) mass is 363 g/mol. The molecule has 0 unspecified atom stereocenters. The van der Waals surface area contributed by atoms with Gasteiger partial charge in [0.05, 0.1) is 21.9 Å². The van der Waals surface area contributed by atoms with Gasteiger partial charge in [-0.3, -0.25) is 10.4 Å². The average Bonchev–Trinajstić information content (AvgIpc) is 2.52. The van der Waals surface area contributed by atoms with Crippen molar-refractivity contribution in [3.8, 4) is 0 Å². The maximum absolute atomic E-state index is 6.20. The normalized spacial score (nSPS) is 11.7. The highest BCUT2D eigenvalue weighted by molar-refractivity contribution is 6.37. The number of benzene rings is 2. The lowest BCUT2D eigenvalue weighted by molar-refractivity contribution is 1.31. The Kier molecular flexibility index (Phi) is 4.71. The Balaban J connectivity index is 1.93. The van der Waals surface area contributed by atoms with E-state index in [1.807, 2.05) is 37.3 Å². The molecule has 23 heavy (non-hydrogen) atoms. The van der Waals surface area contributed by atoms with E-state index in [0.29, 0.717) is 15.1 Å². The summed E-state index contributed by atoms with van der Waals surface area (Å²) in [4.78, 5) is 4.30. The smallest absolute Gasteiger partial charge is 0.0738 e. The standard InChI is InChI=1S/C17H12Cl3N3/c1-10(13-4-2-11(18)8-15(13)20)22-23-16-6-7-21-17-9-12(19)3-5-14(16)17/h2-9H,1H3,(H,21,23)/b22-10+. The SMILES string of the molecule is C/C(=N\Nc1ccnc2cc(Cl)ccc12)c1ccc(Cl)cc1Cl. The van der Waals surface area contributed by atoms with E-state index in [1.165, 1.54) is 0 Å². The van der Waals surface area contributed by atoms with Crippen LogP contribution in [0.25, 0.3) is 10.9 Å². The van der Waals surface area contributed by atoms with Crippen LogP contribution in [0, 0.1) is 0 Å². The molecule has 1 N–H and O–H groups in total. The Hall–Kier alpha value is -1.81. The number of hydrogen-bond donors (Lipinski definition) is 1. The van der Waals surface area contributed by atoms with E-state index >= 15 is 0 Å². The lowest BCUT2D eigenvalue weighted by atomic mass is 10.1. The Morgan fingerprint density at radius 3 is 2.52 bits per heavy atom. The predicted octanol–water partition coefficient (Wildman–Crippen LogP) is 6.03. The molecule has 0 atom stereocenters. The van der Waals surface area contributed by atoms with Crippen LogP contribution in [0.5, 0.6) is 0 Å². The summed E-state index contributed by atoms with van der Waals surface area (Å²) < 4.78 is 0. The predicted molar refractivity (Wildman–Crippen MR) is 99.0 cm³/mol. The highest BCUT2D eigenvalue weighted by Crippen LogP contribution is 2.25. The van der Waals surface area contributed by atoms with Gasteiger partial charge in [-0.2, -0.15) is 5.10 Å². The number of hydrogen-bond acceptors (Lipinski definition) is 3. The Morgan fingerprint density at radius 1 is 1.00 bits per heavy atom. The van der Waals surface area contributed by atoms with E-state index in [0.717, 1.165) is 27.9 Å². The second kappa shape index (κ2) is 6.75. The summed E-state index contributed by atoms with van der Waals surface area (Å²) in [6.45, 7) is 1.88. The molecular weight excluding hydrogens is 353 g/mol. The van der Waals surface area contributed by atoms with Crippen LogP contribution in [0.3, 0.4) is 0 Å². The molecule has 0 aliphatic carbocycles. The van der Waals surface area contributed by atoms with Gasteiger partial charge in [0, 0.05) is 27.2 Å². The molecule has 0 bridgehead atoms. The van der Waals surface area contributed by atoms with Crippen LogP contribution < -0.4 is 5.43 Å². The third-order valence-corrected chi connectivity index (χ3v) is 4.15. The maximum atomic E-state index is 6.20. The van der Waals surface area contributed by atoms with Crippen molar-refractivity contribution in [3.63, 3.8) is 0 Å². The van der Waals surface area contributed by atoms with Crippen molar-refractivity contribution in [2.75, 3.05) is 5.43 Å². The highest BCUT2D eigenvalue weighted by atomic mass is 35.5. The van der Waals surface area contributed by atoms with Crippen LogP contribution in [-0.2, 0) is 0 Å². The fourth-order valence-corrected chi connectivity index (χ4v) is 2.92. The topological polar surface area (TPSA) is 37.3 Å². The molecule has 1 aromatic heterocycles. The van der Waals surface area contributed by atoms with Crippen LogP contribution in [0.1, 0.15) is 12.5 Å². The summed E-state index contributed by atoms with van der Waals surface area (Å²) in [6, 6.07) is 12.7. The molecule has 0 amide bonds. The van der Waals surface area contributed by atoms with Crippen molar-refractivity contribution >= 4 is 57.1 Å². The number of pyridine rings is 1. The van der Waals surface area contributed by atoms with Gasteiger partial charge in [0.1, 0.15) is 0 Å². The van der Waals surface area contributed by atoms with E-state index in [9.17, 15) is 0 Å². The van der Waals surface area contributed by atoms with Crippen LogP contribution in [-0.4, -0.2) is 10.7 Å². The summed E-state index contributed by atoms with van der Waals surface area (Å²) >= 11 is 18.1. The number of halogens is 3. The molecule has 0 aliphatic heterocycles. The number of aromatic nitrogens is 1. The molecule has 3 aromatic rings. The minimum atomic E-state index is 0.562. The van der Waals surface area contributed by atoms with Gasteiger partial charge >= 0.3 is 0 Å². The van der Waals surface area contributed by atoms with Gasteiger partial charge < -0.3 is 0 Å². The molecule has 0 radical (unpaired) electrons. The molecule has 0 saturated heterocycles. The fourth-order valence-electron chi connectivity index (χ4n) is 2.21. The first-order valence-electron chi connectivity index (χ1n) is 6.84. The van der Waals surface area contributed by atoms with Crippen molar-refractivity contribution in [1.29, 1.82) is 0 Å². The van der Waals surface area contributed by atoms with Gasteiger partial charge in [0.2, 0.25) is 0 Å². The van der Waals surface area contributed by atoms with Gasteiger partial charge in [-0.1, -0.05) is 40.9 Å². The minimum Gasteiger partial charge on any atom is -0.277 e. The lowest BCUT2D eigenvalue weighted by Crippen LogP contribution is -2.01. The molecular formula is C17H12Cl3N3. The zero-order chi connectivity index (χ0) is 16.4. The average molecular weight is 365 g/mol. The summed E-state index contributed by atoms with van der Waals surface area (Å²) in [5, 5.41) is 7.15. The van der Waals surface area contributed by atoms with Crippen molar-refractivity contribution in [3.05, 3.63) is 69.3 Å². The second-order valence-electron chi connectivity index (χ2n) is 4.95. The molecule has 3 nitrogen and oxygen atoms in total. The van der Waals surface area contributed by atoms with Crippen LogP contribution >= 0.6 is 34.8 Å². The molecule has 0 saturated carbocycles. The lowest BCUT2D eigenvalue weighted by Gasteiger charge is -2.08. The van der Waals surface area contributed by atoms with E-state index in [1.54, 1.807) is 18.3 Å². The molecule has 3 rings (SSSR count). The zero-order valence-corrected chi connectivity index (χ0v) is 14.4. The summed E-state index contributed by atoms with van der Waals surface area (Å²) in [5.41, 5.74) is 6.29. The van der Waals surface area contributed by atoms with E-state index in [2.05, 4.69) is 15.5 Å². The van der Waals surface area contributed by atoms with Crippen LogP contribution in [0.15, 0.2) is 53.8 Å². The maximum Gasteiger partial charge on any atom is 0.0738 e. The van der Waals surface area contributed by atoms with Gasteiger partial charge in [0.15, 0.2) is 0 Å². The highest BCUT2D eigenvalue weighted by Gasteiger charge is 2.06.